The summed E-state index contributed by atoms with van der Waals surface area (Å²) in [5, 5.41) is 0. The highest BCUT2D eigenvalue weighted by Crippen LogP contribution is 2.39. The number of sulfone groups is 1. The maximum absolute atomic E-state index is 11.6. The molecule has 1 heterocycles. The summed E-state index contributed by atoms with van der Waals surface area (Å²) in [6, 6.07) is 2.13. The molecule has 1 aliphatic rings. The standard InChI is InChI=1S/C13H22N2O2S/c1-2-8-18(16,17)9-7-15-6-5-12(10-15)13(14)11-3-4-11/h5-6,10-11,13H,2-4,7-9,14H2,1H3. The smallest absolute Gasteiger partial charge is 0.152 e. The van der Waals surface area contributed by atoms with E-state index in [2.05, 4.69) is 0 Å². The Morgan fingerprint density at radius 2 is 2.17 bits per heavy atom. The van der Waals surface area contributed by atoms with Gasteiger partial charge in [-0.2, -0.15) is 0 Å². The summed E-state index contributed by atoms with van der Waals surface area (Å²) in [4.78, 5) is 0. The van der Waals surface area contributed by atoms with Gasteiger partial charge in [0.25, 0.3) is 0 Å². The van der Waals surface area contributed by atoms with Crippen LogP contribution in [0.2, 0.25) is 0 Å². The van der Waals surface area contributed by atoms with E-state index in [1.54, 1.807) is 0 Å². The zero-order chi connectivity index (χ0) is 13.2. The lowest BCUT2D eigenvalue weighted by molar-refractivity contribution is 0.587. The Balaban J connectivity index is 1.90. The molecule has 1 saturated carbocycles. The van der Waals surface area contributed by atoms with Crippen LogP contribution in [-0.2, 0) is 16.4 Å². The minimum atomic E-state index is -2.90. The first kappa shape index (κ1) is 13.6. The molecule has 102 valence electrons. The molecule has 0 radical (unpaired) electrons. The average molecular weight is 270 g/mol. The van der Waals surface area contributed by atoms with Gasteiger partial charge in [-0.1, -0.05) is 6.92 Å². The molecule has 2 N–H and O–H groups in total. The second-order valence-corrected chi connectivity index (χ2v) is 7.50. The normalized spacial score (nSPS) is 17.9. The van der Waals surface area contributed by atoms with Gasteiger partial charge in [-0.25, -0.2) is 8.42 Å². The highest BCUT2D eigenvalue weighted by atomic mass is 32.2. The zero-order valence-corrected chi connectivity index (χ0v) is 11.7. The molecule has 1 aromatic rings. The molecule has 0 spiro atoms. The van der Waals surface area contributed by atoms with Crippen LogP contribution in [0.3, 0.4) is 0 Å². The Morgan fingerprint density at radius 3 is 2.78 bits per heavy atom. The molecule has 0 aliphatic heterocycles. The lowest BCUT2D eigenvalue weighted by Crippen LogP contribution is -2.15. The third kappa shape index (κ3) is 3.59. The SMILES string of the molecule is CCCS(=O)(=O)CCn1ccc(C(N)C2CC2)c1. The average Bonchev–Trinajstić information content (AvgIpc) is 3.04. The fourth-order valence-electron chi connectivity index (χ4n) is 2.18. The molecule has 1 aliphatic carbocycles. The van der Waals surface area contributed by atoms with E-state index in [9.17, 15) is 8.42 Å². The van der Waals surface area contributed by atoms with E-state index in [0.717, 1.165) is 5.56 Å². The fraction of sp³-hybridized carbons (Fsp3) is 0.692. The summed E-state index contributed by atoms with van der Waals surface area (Å²) in [5.74, 6) is 1.13. The van der Waals surface area contributed by atoms with Crippen molar-refractivity contribution in [3.8, 4) is 0 Å². The zero-order valence-electron chi connectivity index (χ0n) is 10.9. The van der Waals surface area contributed by atoms with E-state index in [-0.39, 0.29) is 17.5 Å². The Morgan fingerprint density at radius 1 is 1.44 bits per heavy atom. The van der Waals surface area contributed by atoms with Gasteiger partial charge in [-0.05, 0) is 36.8 Å². The number of hydrogen-bond acceptors (Lipinski definition) is 3. The van der Waals surface area contributed by atoms with Crippen molar-refractivity contribution >= 4 is 9.84 Å². The topological polar surface area (TPSA) is 65.1 Å². The molecule has 0 amide bonds. The Labute approximate surface area is 109 Å². The Kier molecular flexibility index (Phi) is 4.12. The van der Waals surface area contributed by atoms with Gasteiger partial charge in [0.2, 0.25) is 0 Å². The molecule has 0 saturated heterocycles. The summed E-state index contributed by atoms with van der Waals surface area (Å²) in [6.07, 6.45) is 7.05. The van der Waals surface area contributed by atoms with Crippen molar-refractivity contribution in [2.45, 2.75) is 38.8 Å². The van der Waals surface area contributed by atoms with Gasteiger partial charge >= 0.3 is 0 Å². The molecular formula is C13H22N2O2S. The molecule has 1 fully saturated rings. The van der Waals surface area contributed by atoms with Crippen molar-refractivity contribution in [3.05, 3.63) is 24.0 Å². The van der Waals surface area contributed by atoms with Crippen LogP contribution in [0.5, 0.6) is 0 Å². The molecular weight excluding hydrogens is 248 g/mol. The summed E-state index contributed by atoms with van der Waals surface area (Å²) in [7, 11) is -2.90. The van der Waals surface area contributed by atoms with Crippen LogP contribution in [0.4, 0.5) is 0 Å². The highest BCUT2D eigenvalue weighted by Gasteiger charge is 2.29. The van der Waals surface area contributed by atoms with Gasteiger partial charge in [0, 0.05) is 30.7 Å². The summed E-state index contributed by atoms with van der Waals surface area (Å²) in [6.45, 7) is 2.42. The largest absolute Gasteiger partial charge is 0.353 e. The highest BCUT2D eigenvalue weighted by molar-refractivity contribution is 7.91. The summed E-state index contributed by atoms with van der Waals surface area (Å²) >= 11 is 0. The van der Waals surface area contributed by atoms with E-state index in [1.807, 2.05) is 30.0 Å². The quantitative estimate of drug-likeness (QED) is 0.820. The van der Waals surface area contributed by atoms with E-state index < -0.39 is 9.84 Å². The summed E-state index contributed by atoms with van der Waals surface area (Å²) in [5.41, 5.74) is 7.24. The molecule has 1 aromatic heterocycles. The van der Waals surface area contributed by atoms with Crippen LogP contribution >= 0.6 is 0 Å². The summed E-state index contributed by atoms with van der Waals surface area (Å²) < 4.78 is 25.2. The number of aryl methyl sites for hydroxylation is 1. The van der Waals surface area contributed by atoms with Gasteiger partial charge in [-0.15, -0.1) is 0 Å². The van der Waals surface area contributed by atoms with E-state index >= 15 is 0 Å². The van der Waals surface area contributed by atoms with Crippen molar-refractivity contribution in [1.29, 1.82) is 0 Å². The number of rotatable bonds is 7. The fourth-order valence-corrected chi connectivity index (χ4v) is 3.50. The van der Waals surface area contributed by atoms with Crippen molar-refractivity contribution in [2.75, 3.05) is 11.5 Å². The molecule has 2 rings (SSSR count). The van der Waals surface area contributed by atoms with Crippen LogP contribution in [-0.4, -0.2) is 24.5 Å². The minimum Gasteiger partial charge on any atom is -0.353 e. The lowest BCUT2D eigenvalue weighted by Gasteiger charge is -2.07. The van der Waals surface area contributed by atoms with Crippen molar-refractivity contribution in [1.82, 2.24) is 4.57 Å². The van der Waals surface area contributed by atoms with Crippen LogP contribution in [0.25, 0.3) is 0 Å². The molecule has 1 atom stereocenters. The predicted molar refractivity (Wildman–Crippen MR) is 73.0 cm³/mol. The van der Waals surface area contributed by atoms with Gasteiger partial charge in [-0.3, -0.25) is 0 Å². The molecule has 18 heavy (non-hydrogen) atoms. The van der Waals surface area contributed by atoms with Crippen LogP contribution < -0.4 is 5.73 Å². The number of nitrogens with zero attached hydrogens (tertiary/aromatic N) is 1. The molecule has 0 aromatic carbocycles. The van der Waals surface area contributed by atoms with Gasteiger partial charge < -0.3 is 10.3 Å². The van der Waals surface area contributed by atoms with Crippen molar-refractivity contribution < 1.29 is 8.42 Å². The van der Waals surface area contributed by atoms with Crippen LogP contribution in [0.1, 0.15) is 37.8 Å². The van der Waals surface area contributed by atoms with Gasteiger partial charge in [0.05, 0.1) is 5.75 Å². The van der Waals surface area contributed by atoms with Gasteiger partial charge in [0.15, 0.2) is 9.84 Å². The Bertz CT molecular complexity index is 489. The molecule has 0 bridgehead atoms. The third-order valence-corrected chi connectivity index (χ3v) is 5.30. The monoisotopic (exact) mass is 270 g/mol. The molecule has 4 nitrogen and oxygen atoms in total. The minimum absolute atomic E-state index is 0.124. The maximum atomic E-state index is 11.6. The predicted octanol–water partition coefficient (Wildman–Crippen LogP) is 1.72. The first-order valence-electron chi connectivity index (χ1n) is 6.63. The van der Waals surface area contributed by atoms with Crippen molar-refractivity contribution in [3.63, 3.8) is 0 Å². The number of aromatic nitrogens is 1. The van der Waals surface area contributed by atoms with E-state index in [1.165, 1.54) is 12.8 Å². The van der Waals surface area contributed by atoms with Crippen LogP contribution in [0, 0.1) is 5.92 Å². The second-order valence-electron chi connectivity index (χ2n) is 5.20. The second kappa shape index (κ2) is 5.45. The number of hydrogen-bond donors (Lipinski definition) is 1. The van der Waals surface area contributed by atoms with E-state index in [0.29, 0.717) is 18.9 Å². The van der Waals surface area contributed by atoms with Crippen molar-refractivity contribution in [2.24, 2.45) is 11.7 Å². The number of nitrogens with two attached hydrogens (primary N) is 1. The van der Waals surface area contributed by atoms with Crippen LogP contribution in [0.15, 0.2) is 18.5 Å². The molecule has 5 heteroatoms. The first-order valence-corrected chi connectivity index (χ1v) is 8.45. The third-order valence-electron chi connectivity index (χ3n) is 3.46. The molecule has 1 unspecified atom stereocenters. The Hall–Kier alpha value is -0.810. The van der Waals surface area contributed by atoms with Gasteiger partial charge in [0.1, 0.15) is 0 Å². The van der Waals surface area contributed by atoms with E-state index in [4.69, 9.17) is 5.73 Å². The lowest BCUT2D eigenvalue weighted by atomic mass is 10.1. The first-order chi connectivity index (χ1) is 8.52. The maximum Gasteiger partial charge on any atom is 0.152 e.